The lowest BCUT2D eigenvalue weighted by Gasteiger charge is -2.35. The maximum Gasteiger partial charge on any atom is 0.416 e. The summed E-state index contributed by atoms with van der Waals surface area (Å²) in [7, 11) is 0. The van der Waals surface area contributed by atoms with Gasteiger partial charge in [0.15, 0.2) is 0 Å². The second-order valence-corrected chi connectivity index (χ2v) is 6.63. The van der Waals surface area contributed by atoms with E-state index in [0.29, 0.717) is 26.3 Å². The highest BCUT2D eigenvalue weighted by atomic mass is 19.4. The topological polar surface area (TPSA) is 53.6 Å². The molecule has 1 heterocycles. The first-order valence-electron chi connectivity index (χ1n) is 9.12. The number of hydrogen-bond acceptors (Lipinski definition) is 3. The molecular formula is C20H21F4N3O2. The van der Waals surface area contributed by atoms with Gasteiger partial charge in [0.25, 0.3) is 0 Å². The van der Waals surface area contributed by atoms with Crippen molar-refractivity contribution in [3.05, 3.63) is 65.5 Å². The van der Waals surface area contributed by atoms with E-state index >= 15 is 0 Å². The first-order chi connectivity index (χ1) is 13.8. The van der Waals surface area contributed by atoms with Crippen LogP contribution in [0.15, 0.2) is 48.5 Å². The first-order valence-corrected chi connectivity index (χ1v) is 9.12. The molecule has 2 aromatic carbocycles. The normalized spacial score (nSPS) is 16.3. The number of carbonyl (C=O) groups excluding carboxylic acids is 1. The molecule has 0 aliphatic carbocycles. The number of carbonyl (C=O) groups is 1. The van der Waals surface area contributed by atoms with Crippen LogP contribution in [0.1, 0.15) is 17.2 Å². The second kappa shape index (κ2) is 9.23. The van der Waals surface area contributed by atoms with Crippen molar-refractivity contribution >= 4 is 11.7 Å². The SMILES string of the molecule is O=C(NC[C@@H](c1ccc(F)cc1)N1CCOCC1)Nc1cccc(C(F)(F)F)c1. The monoisotopic (exact) mass is 411 g/mol. The van der Waals surface area contributed by atoms with Gasteiger partial charge in [0.2, 0.25) is 0 Å². The van der Waals surface area contributed by atoms with Crippen LogP contribution in [-0.4, -0.2) is 43.8 Å². The Balaban J connectivity index is 1.65. The van der Waals surface area contributed by atoms with Gasteiger partial charge in [-0.25, -0.2) is 9.18 Å². The summed E-state index contributed by atoms with van der Waals surface area (Å²) in [6, 6.07) is 9.60. The highest BCUT2D eigenvalue weighted by Crippen LogP contribution is 2.30. The Kier molecular flexibility index (Phi) is 6.71. The Morgan fingerprint density at radius 3 is 2.45 bits per heavy atom. The molecule has 2 N–H and O–H groups in total. The average molecular weight is 411 g/mol. The van der Waals surface area contributed by atoms with E-state index in [1.807, 2.05) is 0 Å². The molecule has 9 heteroatoms. The molecule has 0 saturated carbocycles. The number of urea groups is 1. The van der Waals surface area contributed by atoms with E-state index in [9.17, 15) is 22.4 Å². The number of amides is 2. The fourth-order valence-electron chi connectivity index (χ4n) is 3.17. The standard InChI is InChI=1S/C20H21F4N3O2/c21-16-6-4-14(5-7-16)18(27-8-10-29-11-9-27)13-25-19(28)26-17-3-1-2-15(12-17)20(22,23)24/h1-7,12,18H,8-11,13H2,(H2,25,26,28)/t18-/m0/s1. The highest BCUT2D eigenvalue weighted by Gasteiger charge is 2.30. The Morgan fingerprint density at radius 2 is 1.79 bits per heavy atom. The summed E-state index contributed by atoms with van der Waals surface area (Å²) < 4.78 is 57.1. The van der Waals surface area contributed by atoms with Crippen LogP contribution in [0.2, 0.25) is 0 Å². The zero-order valence-corrected chi connectivity index (χ0v) is 15.5. The number of benzene rings is 2. The molecule has 1 fully saturated rings. The number of nitrogens with one attached hydrogen (secondary N) is 2. The summed E-state index contributed by atoms with van der Waals surface area (Å²) in [5, 5.41) is 5.11. The molecule has 0 aromatic heterocycles. The van der Waals surface area contributed by atoms with Crippen LogP contribution in [-0.2, 0) is 10.9 Å². The zero-order valence-electron chi connectivity index (χ0n) is 15.5. The highest BCUT2D eigenvalue weighted by molar-refractivity contribution is 5.89. The third kappa shape index (κ3) is 5.91. The van der Waals surface area contributed by atoms with Gasteiger partial charge in [0, 0.05) is 25.3 Å². The number of rotatable bonds is 5. The van der Waals surface area contributed by atoms with Gasteiger partial charge in [-0.3, -0.25) is 4.90 Å². The number of alkyl halides is 3. The van der Waals surface area contributed by atoms with E-state index in [0.717, 1.165) is 17.7 Å². The van der Waals surface area contributed by atoms with E-state index in [1.54, 1.807) is 12.1 Å². The fraction of sp³-hybridized carbons (Fsp3) is 0.350. The van der Waals surface area contributed by atoms with Gasteiger partial charge in [0.1, 0.15) is 5.82 Å². The summed E-state index contributed by atoms with van der Waals surface area (Å²) in [6.07, 6.45) is -4.49. The van der Waals surface area contributed by atoms with Crippen molar-refractivity contribution in [2.75, 3.05) is 38.2 Å². The fourth-order valence-corrected chi connectivity index (χ4v) is 3.17. The Hall–Kier alpha value is -2.65. The maximum absolute atomic E-state index is 13.3. The smallest absolute Gasteiger partial charge is 0.379 e. The van der Waals surface area contributed by atoms with Gasteiger partial charge in [-0.15, -0.1) is 0 Å². The average Bonchev–Trinajstić information content (AvgIpc) is 2.70. The molecule has 0 spiro atoms. The van der Waals surface area contributed by atoms with Crippen LogP contribution in [0, 0.1) is 5.82 Å². The predicted molar refractivity (Wildman–Crippen MR) is 100.0 cm³/mol. The maximum atomic E-state index is 13.3. The number of morpholine rings is 1. The molecular weight excluding hydrogens is 390 g/mol. The molecule has 1 aliphatic heterocycles. The molecule has 5 nitrogen and oxygen atoms in total. The lowest BCUT2D eigenvalue weighted by atomic mass is 10.0. The van der Waals surface area contributed by atoms with Crippen molar-refractivity contribution in [3.8, 4) is 0 Å². The molecule has 156 valence electrons. The molecule has 1 saturated heterocycles. The Bertz CT molecular complexity index is 821. The minimum atomic E-state index is -4.49. The summed E-state index contributed by atoms with van der Waals surface area (Å²) in [5.74, 6) is -0.357. The molecule has 0 radical (unpaired) electrons. The number of halogens is 4. The first kappa shape index (κ1) is 21.1. The van der Waals surface area contributed by atoms with Gasteiger partial charge in [-0.05, 0) is 35.9 Å². The molecule has 29 heavy (non-hydrogen) atoms. The molecule has 3 rings (SSSR count). The van der Waals surface area contributed by atoms with Crippen LogP contribution in [0.4, 0.5) is 28.0 Å². The molecule has 0 unspecified atom stereocenters. The number of anilines is 1. The van der Waals surface area contributed by atoms with E-state index in [4.69, 9.17) is 4.74 Å². The van der Waals surface area contributed by atoms with Crippen LogP contribution in [0.25, 0.3) is 0 Å². The summed E-state index contributed by atoms with van der Waals surface area (Å²) >= 11 is 0. The number of ether oxygens (including phenoxy) is 1. The third-order valence-electron chi connectivity index (χ3n) is 4.64. The van der Waals surface area contributed by atoms with E-state index in [2.05, 4.69) is 15.5 Å². The van der Waals surface area contributed by atoms with Crippen LogP contribution >= 0.6 is 0 Å². The van der Waals surface area contributed by atoms with Gasteiger partial charge in [-0.1, -0.05) is 18.2 Å². The minimum absolute atomic E-state index is 0.0435. The van der Waals surface area contributed by atoms with E-state index < -0.39 is 17.8 Å². The summed E-state index contributed by atoms with van der Waals surface area (Å²) in [5.41, 5.74) is 0.0301. The second-order valence-electron chi connectivity index (χ2n) is 6.63. The van der Waals surface area contributed by atoms with Gasteiger partial charge < -0.3 is 15.4 Å². The molecule has 1 aliphatic rings. The predicted octanol–water partition coefficient (Wildman–Crippen LogP) is 4.04. The largest absolute Gasteiger partial charge is 0.416 e. The molecule has 2 aromatic rings. The van der Waals surface area contributed by atoms with Crippen molar-refractivity contribution in [2.45, 2.75) is 12.2 Å². The van der Waals surface area contributed by atoms with Crippen molar-refractivity contribution in [3.63, 3.8) is 0 Å². The Labute approximate surface area is 165 Å². The van der Waals surface area contributed by atoms with Crippen molar-refractivity contribution in [2.24, 2.45) is 0 Å². The quantitative estimate of drug-likeness (QED) is 0.731. The van der Waals surface area contributed by atoms with Crippen molar-refractivity contribution in [1.29, 1.82) is 0 Å². The Morgan fingerprint density at radius 1 is 1.10 bits per heavy atom. The van der Waals surface area contributed by atoms with Crippen LogP contribution in [0.5, 0.6) is 0 Å². The van der Waals surface area contributed by atoms with Crippen LogP contribution < -0.4 is 10.6 Å². The van der Waals surface area contributed by atoms with Crippen LogP contribution in [0.3, 0.4) is 0 Å². The lowest BCUT2D eigenvalue weighted by molar-refractivity contribution is -0.137. The number of hydrogen-bond donors (Lipinski definition) is 2. The minimum Gasteiger partial charge on any atom is -0.379 e. The lowest BCUT2D eigenvalue weighted by Crippen LogP contribution is -2.44. The zero-order chi connectivity index (χ0) is 20.9. The molecule has 1 atom stereocenters. The van der Waals surface area contributed by atoms with Gasteiger partial charge >= 0.3 is 12.2 Å². The van der Waals surface area contributed by atoms with Gasteiger partial charge in [-0.2, -0.15) is 13.2 Å². The molecule has 2 amide bonds. The third-order valence-corrected chi connectivity index (χ3v) is 4.64. The van der Waals surface area contributed by atoms with Gasteiger partial charge in [0.05, 0.1) is 24.8 Å². The molecule has 0 bridgehead atoms. The number of nitrogens with zero attached hydrogens (tertiary/aromatic N) is 1. The van der Waals surface area contributed by atoms with E-state index in [-0.39, 0.29) is 24.1 Å². The van der Waals surface area contributed by atoms with Crippen molar-refractivity contribution in [1.82, 2.24) is 10.2 Å². The van der Waals surface area contributed by atoms with Crippen molar-refractivity contribution < 1.29 is 27.1 Å². The summed E-state index contributed by atoms with van der Waals surface area (Å²) in [4.78, 5) is 14.4. The van der Waals surface area contributed by atoms with E-state index in [1.165, 1.54) is 24.3 Å². The summed E-state index contributed by atoms with van der Waals surface area (Å²) in [6.45, 7) is 2.61.